The standard InChI is InChI=1S/C24H18O5/c1-28-20-11-7-15(13-19(20)26)8-12-21-23(16-5-3-2-4-6-16)24(27)18-10-9-17(25)14-22(18)29-21/h2-14,25-26H,1H3/b12-8+. The summed E-state index contributed by atoms with van der Waals surface area (Å²) in [7, 11) is 1.48. The van der Waals surface area contributed by atoms with Crippen molar-refractivity contribution in [2.75, 3.05) is 7.11 Å². The van der Waals surface area contributed by atoms with Gasteiger partial charge in [-0.15, -0.1) is 0 Å². The van der Waals surface area contributed by atoms with Crippen molar-refractivity contribution in [1.29, 1.82) is 0 Å². The van der Waals surface area contributed by atoms with Gasteiger partial charge < -0.3 is 19.4 Å². The molecule has 0 amide bonds. The van der Waals surface area contributed by atoms with Crippen molar-refractivity contribution in [3.63, 3.8) is 0 Å². The van der Waals surface area contributed by atoms with Crippen LogP contribution in [0.2, 0.25) is 0 Å². The molecule has 5 nitrogen and oxygen atoms in total. The van der Waals surface area contributed by atoms with Crippen molar-refractivity contribution in [3.8, 4) is 28.4 Å². The summed E-state index contributed by atoms with van der Waals surface area (Å²) in [5, 5.41) is 20.1. The number of rotatable bonds is 4. The highest BCUT2D eigenvalue weighted by Crippen LogP contribution is 2.30. The molecular weight excluding hydrogens is 368 g/mol. The van der Waals surface area contributed by atoms with Crippen LogP contribution in [0.3, 0.4) is 0 Å². The normalized spacial score (nSPS) is 11.2. The molecule has 3 aromatic carbocycles. The molecule has 0 aliphatic heterocycles. The number of aromatic hydroxyl groups is 2. The molecule has 2 N–H and O–H groups in total. The largest absolute Gasteiger partial charge is 0.508 e. The van der Waals surface area contributed by atoms with Gasteiger partial charge in [-0.05, 0) is 41.5 Å². The minimum atomic E-state index is -0.185. The van der Waals surface area contributed by atoms with Crippen LogP contribution in [-0.2, 0) is 0 Å². The molecule has 0 bridgehead atoms. The van der Waals surface area contributed by atoms with Crippen molar-refractivity contribution in [2.24, 2.45) is 0 Å². The van der Waals surface area contributed by atoms with Gasteiger partial charge in [-0.2, -0.15) is 0 Å². The van der Waals surface area contributed by atoms with E-state index in [2.05, 4.69) is 0 Å². The monoisotopic (exact) mass is 386 g/mol. The number of methoxy groups -OCH3 is 1. The molecule has 0 aliphatic carbocycles. The van der Waals surface area contributed by atoms with E-state index in [1.165, 1.54) is 19.2 Å². The number of fused-ring (bicyclic) bond motifs is 1. The van der Waals surface area contributed by atoms with Gasteiger partial charge in [0.2, 0.25) is 5.43 Å². The summed E-state index contributed by atoms with van der Waals surface area (Å²) >= 11 is 0. The van der Waals surface area contributed by atoms with Crippen LogP contribution >= 0.6 is 0 Å². The molecule has 0 fully saturated rings. The zero-order valence-electron chi connectivity index (χ0n) is 15.6. The van der Waals surface area contributed by atoms with Gasteiger partial charge in [-0.25, -0.2) is 0 Å². The highest BCUT2D eigenvalue weighted by molar-refractivity contribution is 5.87. The topological polar surface area (TPSA) is 79.9 Å². The van der Waals surface area contributed by atoms with Crippen LogP contribution in [0.1, 0.15) is 11.3 Å². The maximum atomic E-state index is 13.2. The van der Waals surface area contributed by atoms with Crippen LogP contribution in [0.15, 0.2) is 75.9 Å². The molecule has 1 aromatic heterocycles. The molecular formula is C24H18O5. The number of hydrogen-bond acceptors (Lipinski definition) is 5. The van der Waals surface area contributed by atoms with Crippen LogP contribution < -0.4 is 10.2 Å². The maximum Gasteiger partial charge on any atom is 0.201 e. The van der Waals surface area contributed by atoms with E-state index in [-0.39, 0.29) is 16.9 Å². The van der Waals surface area contributed by atoms with Crippen molar-refractivity contribution in [1.82, 2.24) is 0 Å². The third-order valence-corrected chi connectivity index (χ3v) is 4.60. The Morgan fingerprint density at radius 1 is 0.931 bits per heavy atom. The van der Waals surface area contributed by atoms with Crippen molar-refractivity contribution >= 4 is 23.1 Å². The second kappa shape index (κ2) is 7.56. The van der Waals surface area contributed by atoms with Gasteiger partial charge in [-0.1, -0.05) is 42.5 Å². The number of hydrogen-bond donors (Lipinski definition) is 2. The Kier molecular flexibility index (Phi) is 4.79. The van der Waals surface area contributed by atoms with Crippen molar-refractivity contribution in [2.45, 2.75) is 0 Å². The van der Waals surface area contributed by atoms with E-state index in [0.29, 0.717) is 33.6 Å². The number of phenols is 2. The number of ether oxygens (including phenoxy) is 1. The minimum Gasteiger partial charge on any atom is -0.508 e. The first kappa shape index (κ1) is 18.4. The Labute approximate surface area is 166 Å². The molecule has 0 atom stereocenters. The lowest BCUT2D eigenvalue weighted by Crippen LogP contribution is -2.07. The summed E-state index contributed by atoms with van der Waals surface area (Å²) in [6.45, 7) is 0. The SMILES string of the molecule is COc1ccc(/C=C/c2oc3cc(O)ccc3c(=O)c2-c2ccccc2)cc1O. The molecule has 0 saturated carbocycles. The highest BCUT2D eigenvalue weighted by Gasteiger charge is 2.15. The summed E-state index contributed by atoms with van der Waals surface area (Å²) in [6, 6.07) is 18.7. The third kappa shape index (κ3) is 3.58. The van der Waals surface area contributed by atoms with Crippen LogP contribution in [0.4, 0.5) is 0 Å². The summed E-state index contributed by atoms with van der Waals surface area (Å²) < 4.78 is 11.0. The number of phenolic OH excluding ortho intramolecular Hbond substituents is 2. The molecule has 0 aliphatic rings. The quantitative estimate of drug-likeness (QED) is 0.513. The average Bonchev–Trinajstić information content (AvgIpc) is 2.73. The van der Waals surface area contributed by atoms with Crippen molar-refractivity contribution in [3.05, 3.63) is 88.3 Å². The summed E-state index contributed by atoms with van der Waals surface area (Å²) in [5.74, 6) is 0.764. The fourth-order valence-corrected chi connectivity index (χ4v) is 3.18. The van der Waals surface area contributed by atoms with Gasteiger partial charge in [-0.3, -0.25) is 4.79 Å². The molecule has 5 heteroatoms. The van der Waals surface area contributed by atoms with E-state index in [4.69, 9.17) is 9.15 Å². The van der Waals surface area contributed by atoms with Gasteiger partial charge in [0.15, 0.2) is 11.5 Å². The Morgan fingerprint density at radius 2 is 1.72 bits per heavy atom. The highest BCUT2D eigenvalue weighted by atomic mass is 16.5. The lowest BCUT2D eigenvalue weighted by atomic mass is 10.0. The van der Waals surface area contributed by atoms with E-state index >= 15 is 0 Å². The van der Waals surface area contributed by atoms with Gasteiger partial charge in [0.25, 0.3) is 0 Å². The second-order valence-electron chi connectivity index (χ2n) is 6.48. The maximum absolute atomic E-state index is 13.2. The van der Waals surface area contributed by atoms with Crippen LogP contribution in [-0.4, -0.2) is 17.3 Å². The first-order valence-electron chi connectivity index (χ1n) is 8.97. The van der Waals surface area contributed by atoms with E-state index in [1.54, 1.807) is 36.4 Å². The lowest BCUT2D eigenvalue weighted by molar-refractivity contribution is 0.373. The van der Waals surface area contributed by atoms with E-state index < -0.39 is 0 Å². The Morgan fingerprint density at radius 3 is 2.45 bits per heavy atom. The number of benzene rings is 3. The van der Waals surface area contributed by atoms with E-state index in [1.807, 2.05) is 30.3 Å². The van der Waals surface area contributed by atoms with E-state index in [0.717, 1.165) is 5.56 Å². The predicted octanol–water partition coefficient (Wildman–Crippen LogP) is 5.05. The zero-order chi connectivity index (χ0) is 20.4. The third-order valence-electron chi connectivity index (χ3n) is 4.60. The van der Waals surface area contributed by atoms with Gasteiger partial charge in [0.05, 0.1) is 18.1 Å². The molecule has 4 rings (SSSR count). The average molecular weight is 386 g/mol. The fraction of sp³-hybridized carbons (Fsp3) is 0.0417. The first-order valence-corrected chi connectivity index (χ1v) is 8.97. The molecule has 0 saturated heterocycles. The summed E-state index contributed by atoms with van der Waals surface area (Å²) in [6.07, 6.45) is 3.41. The summed E-state index contributed by atoms with van der Waals surface area (Å²) in [5.41, 5.74) is 1.98. The Hall–Kier alpha value is -3.99. The van der Waals surface area contributed by atoms with E-state index in [9.17, 15) is 15.0 Å². The Bertz CT molecular complexity index is 1270. The smallest absolute Gasteiger partial charge is 0.201 e. The van der Waals surface area contributed by atoms with Crippen LogP contribution in [0.5, 0.6) is 17.2 Å². The molecule has 4 aromatic rings. The molecule has 29 heavy (non-hydrogen) atoms. The predicted molar refractivity (Wildman–Crippen MR) is 113 cm³/mol. The summed E-state index contributed by atoms with van der Waals surface area (Å²) in [4.78, 5) is 13.2. The van der Waals surface area contributed by atoms with Crippen LogP contribution in [0.25, 0.3) is 34.2 Å². The first-order chi connectivity index (χ1) is 14.1. The molecule has 0 unspecified atom stereocenters. The fourth-order valence-electron chi connectivity index (χ4n) is 3.18. The molecule has 0 radical (unpaired) electrons. The zero-order valence-corrected chi connectivity index (χ0v) is 15.6. The minimum absolute atomic E-state index is 0.0165. The Balaban J connectivity index is 1.90. The molecule has 144 valence electrons. The van der Waals surface area contributed by atoms with Crippen molar-refractivity contribution < 1.29 is 19.4 Å². The lowest BCUT2D eigenvalue weighted by Gasteiger charge is -2.08. The van der Waals surface area contributed by atoms with Gasteiger partial charge in [0.1, 0.15) is 17.1 Å². The molecule has 1 heterocycles. The van der Waals surface area contributed by atoms with Gasteiger partial charge >= 0.3 is 0 Å². The van der Waals surface area contributed by atoms with Crippen LogP contribution in [0, 0.1) is 0 Å². The van der Waals surface area contributed by atoms with Gasteiger partial charge in [0, 0.05) is 6.07 Å². The second-order valence-corrected chi connectivity index (χ2v) is 6.48. The molecule has 0 spiro atoms.